The molecular formula is C16H25NO2. The maximum atomic E-state index is 11.0. The average Bonchev–Trinajstić information content (AvgIpc) is 2.42. The van der Waals surface area contributed by atoms with E-state index in [0.29, 0.717) is 11.6 Å². The van der Waals surface area contributed by atoms with Crippen molar-refractivity contribution in [3.63, 3.8) is 0 Å². The summed E-state index contributed by atoms with van der Waals surface area (Å²) in [5, 5.41) is 9.03. The van der Waals surface area contributed by atoms with Crippen LogP contribution in [-0.2, 0) is 6.54 Å². The van der Waals surface area contributed by atoms with Crippen molar-refractivity contribution in [1.82, 2.24) is 4.90 Å². The molecule has 19 heavy (non-hydrogen) atoms. The molecule has 1 unspecified atom stereocenters. The van der Waals surface area contributed by atoms with Crippen LogP contribution in [0.1, 0.15) is 56.0 Å². The zero-order valence-corrected chi connectivity index (χ0v) is 12.2. The summed E-state index contributed by atoms with van der Waals surface area (Å²) < 4.78 is 0. The Labute approximate surface area is 116 Å². The van der Waals surface area contributed by atoms with Gasteiger partial charge in [0, 0.05) is 12.6 Å². The van der Waals surface area contributed by atoms with E-state index in [9.17, 15) is 4.79 Å². The molecule has 3 nitrogen and oxygen atoms in total. The third-order valence-electron chi connectivity index (χ3n) is 3.57. The summed E-state index contributed by atoms with van der Waals surface area (Å²) in [7, 11) is 0. The Morgan fingerprint density at radius 3 is 2.68 bits per heavy atom. The Balaban J connectivity index is 2.77. The van der Waals surface area contributed by atoms with Crippen LogP contribution in [-0.4, -0.2) is 28.6 Å². The van der Waals surface area contributed by atoms with Crippen molar-refractivity contribution < 1.29 is 9.90 Å². The smallest absolute Gasteiger partial charge is 0.335 e. The lowest BCUT2D eigenvalue weighted by Gasteiger charge is -2.28. The lowest BCUT2D eigenvalue weighted by molar-refractivity contribution is 0.0696. The molecule has 3 heteroatoms. The van der Waals surface area contributed by atoms with E-state index in [-0.39, 0.29) is 0 Å². The number of hydrogen-bond donors (Lipinski definition) is 1. The first-order valence-electron chi connectivity index (χ1n) is 7.14. The van der Waals surface area contributed by atoms with Gasteiger partial charge in [-0.1, -0.05) is 32.4 Å². The van der Waals surface area contributed by atoms with Crippen molar-refractivity contribution in [1.29, 1.82) is 0 Å². The zero-order chi connectivity index (χ0) is 14.3. The summed E-state index contributed by atoms with van der Waals surface area (Å²) in [6.07, 6.45) is 3.48. The van der Waals surface area contributed by atoms with Crippen molar-refractivity contribution in [3.05, 3.63) is 35.4 Å². The summed E-state index contributed by atoms with van der Waals surface area (Å²) in [5.41, 5.74) is 1.45. The largest absolute Gasteiger partial charge is 0.478 e. The molecule has 0 aliphatic rings. The van der Waals surface area contributed by atoms with Gasteiger partial charge in [0.05, 0.1) is 5.56 Å². The van der Waals surface area contributed by atoms with E-state index in [4.69, 9.17) is 5.11 Å². The molecule has 0 saturated carbocycles. The van der Waals surface area contributed by atoms with Gasteiger partial charge in [0.2, 0.25) is 0 Å². The second kappa shape index (κ2) is 7.95. The third kappa shape index (κ3) is 5.03. The Morgan fingerprint density at radius 2 is 2.11 bits per heavy atom. The van der Waals surface area contributed by atoms with Gasteiger partial charge in [-0.05, 0) is 44.0 Å². The topological polar surface area (TPSA) is 40.5 Å². The van der Waals surface area contributed by atoms with Crippen LogP contribution in [0, 0.1) is 0 Å². The molecule has 1 N–H and O–H groups in total. The van der Waals surface area contributed by atoms with E-state index in [1.807, 2.05) is 12.1 Å². The highest BCUT2D eigenvalue weighted by Crippen LogP contribution is 2.13. The van der Waals surface area contributed by atoms with Gasteiger partial charge in [0.15, 0.2) is 0 Å². The van der Waals surface area contributed by atoms with E-state index in [0.717, 1.165) is 25.1 Å². The minimum atomic E-state index is -0.856. The van der Waals surface area contributed by atoms with Gasteiger partial charge in [0.25, 0.3) is 0 Å². The maximum absolute atomic E-state index is 11.0. The van der Waals surface area contributed by atoms with Crippen LogP contribution in [0.3, 0.4) is 0 Å². The number of aromatic carboxylic acids is 1. The molecule has 1 aromatic carbocycles. The van der Waals surface area contributed by atoms with Crippen molar-refractivity contribution >= 4 is 5.97 Å². The van der Waals surface area contributed by atoms with E-state index >= 15 is 0 Å². The van der Waals surface area contributed by atoms with Crippen LogP contribution in [0.5, 0.6) is 0 Å². The summed E-state index contributed by atoms with van der Waals surface area (Å²) >= 11 is 0. The molecule has 1 aromatic rings. The summed E-state index contributed by atoms with van der Waals surface area (Å²) in [6, 6.07) is 7.79. The van der Waals surface area contributed by atoms with Gasteiger partial charge in [-0.2, -0.15) is 0 Å². The van der Waals surface area contributed by atoms with Crippen LogP contribution in [0.15, 0.2) is 24.3 Å². The van der Waals surface area contributed by atoms with E-state index in [1.54, 1.807) is 12.1 Å². The lowest BCUT2D eigenvalue weighted by atomic mass is 10.1. The number of rotatable bonds is 8. The van der Waals surface area contributed by atoms with Crippen LogP contribution in [0.25, 0.3) is 0 Å². The number of nitrogens with zero attached hydrogens (tertiary/aromatic N) is 1. The minimum Gasteiger partial charge on any atom is -0.478 e. The molecule has 0 aromatic heterocycles. The van der Waals surface area contributed by atoms with Gasteiger partial charge < -0.3 is 5.11 Å². The number of carboxylic acids is 1. The fraction of sp³-hybridized carbons (Fsp3) is 0.562. The second-order valence-electron chi connectivity index (χ2n) is 5.09. The molecule has 0 amide bonds. The molecule has 0 bridgehead atoms. The Kier molecular flexibility index (Phi) is 6.57. The Hall–Kier alpha value is -1.35. The van der Waals surface area contributed by atoms with Gasteiger partial charge >= 0.3 is 5.97 Å². The maximum Gasteiger partial charge on any atom is 0.335 e. The predicted molar refractivity (Wildman–Crippen MR) is 78.5 cm³/mol. The molecule has 0 spiro atoms. The summed E-state index contributed by atoms with van der Waals surface area (Å²) in [4.78, 5) is 13.4. The fourth-order valence-electron chi connectivity index (χ4n) is 2.11. The highest BCUT2D eigenvalue weighted by Gasteiger charge is 2.13. The van der Waals surface area contributed by atoms with Gasteiger partial charge in [-0.15, -0.1) is 0 Å². The Morgan fingerprint density at radius 1 is 1.37 bits per heavy atom. The van der Waals surface area contributed by atoms with Crippen molar-refractivity contribution in [2.24, 2.45) is 0 Å². The van der Waals surface area contributed by atoms with Crippen molar-refractivity contribution in [3.8, 4) is 0 Å². The molecular weight excluding hydrogens is 238 g/mol. The van der Waals surface area contributed by atoms with Gasteiger partial charge in [-0.3, -0.25) is 4.90 Å². The minimum absolute atomic E-state index is 0.372. The van der Waals surface area contributed by atoms with E-state index in [1.165, 1.54) is 12.8 Å². The molecule has 0 fully saturated rings. The van der Waals surface area contributed by atoms with Crippen LogP contribution in [0.4, 0.5) is 0 Å². The molecule has 1 rings (SSSR count). The molecule has 0 heterocycles. The first kappa shape index (κ1) is 15.7. The molecule has 0 aliphatic heterocycles. The first-order valence-corrected chi connectivity index (χ1v) is 7.14. The first-order chi connectivity index (χ1) is 9.08. The van der Waals surface area contributed by atoms with E-state index in [2.05, 4.69) is 25.7 Å². The van der Waals surface area contributed by atoms with Crippen LogP contribution in [0.2, 0.25) is 0 Å². The van der Waals surface area contributed by atoms with Crippen LogP contribution >= 0.6 is 0 Å². The number of hydrogen-bond acceptors (Lipinski definition) is 2. The van der Waals surface area contributed by atoms with Gasteiger partial charge in [-0.25, -0.2) is 4.79 Å². The average molecular weight is 263 g/mol. The number of carbonyl (C=O) groups is 1. The molecule has 1 atom stereocenters. The normalized spacial score (nSPS) is 12.6. The summed E-state index contributed by atoms with van der Waals surface area (Å²) in [6.45, 7) is 8.52. The highest BCUT2D eigenvalue weighted by molar-refractivity contribution is 5.87. The number of unbranched alkanes of at least 4 members (excludes halogenated alkanes) is 1. The third-order valence-corrected chi connectivity index (χ3v) is 3.57. The molecule has 106 valence electrons. The van der Waals surface area contributed by atoms with Crippen molar-refractivity contribution in [2.45, 2.75) is 52.6 Å². The standard InChI is InChI=1S/C16H25NO2/c1-4-6-10-17(13(3)5-2)12-14-8-7-9-15(11-14)16(18)19/h7-9,11,13H,4-6,10,12H2,1-3H3,(H,18,19). The molecule has 0 saturated heterocycles. The SMILES string of the molecule is CCCCN(Cc1cccc(C(=O)O)c1)C(C)CC. The van der Waals surface area contributed by atoms with Crippen molar-refractivity contribution in [2.75, 3.05) is 6.54 Å². The second-order valence-corrected chi connectivity index (χ2v) is 5.09. The number of carboxylic acid groups (broad SMARTS) is 1. The quantitative estimate of drug-likeness (QED) is 0.776. The van der Waals surface area contributed by atoms with Crippen LogP contribution < -0.4 is 0 Å². The fourth-order valence-corrected chi connectivity index (χ4v) is 2.11. The van der Waals surface area contributed by atoms with Gasteiger partial charge in [0.1, 0.15) is 0 Å². The van der Waals surface area contributed by atoms with E-state index < -0.39 is 5.97 Å². The molecule has 0 aliphatic carbocycles. The Bertz CT molecular complexity index is 403. The lowest BCUT2D eigenvalue weighted by Crippen LogP contribution is -2.33. The predicted octanol–water partition coefficient (Wildman–Crippen LogP) is 3.79. The number of benzene rings is 1. The highest BCUT2D eigenvalue weighted by atomic mass is 16.4. The summed E-state index contributed by atoms with van der Waals surface area (Å²) in [5.74, 6) is -0.856. The monoisotopic (exact) mass is 263 g/mol. The molecule has 0 radical (unpaired) electrons. The zero-order valence-electron chi connectivity index (χ0n) is 12.2.